The van der Waals surface area contributed by atoms with Gasteiger partial charge in [0.05, 0.1) is 17.1 Å². The van der Waals surface area contributed by atoms with Crippen LogP contribution >= 0.6 is 0 Å². The highest BCUT2D eigenvalue weighted by Gasteiger charge is 2.29. The third kappa shape index (κ3) is 4.16. The molecule has 218 valence electrons. The molecule has 0 bridgehead atoms. The Bertz CT molecular complexity index is 2280. The van der Waals surface area contributed by atoms with E-state index >= 15 is 0 Å². The zero-order valence-corrected chi connectivity index (χ0v) is 25.7. The van der Waals surface area contributed by atoms with Gasteiger partial charge in [0.15, 0.2) is 0 Å². The van der Waals surface area contributed by atoms with Gasteiger partial charge in [-0.2, -0.15) is 0 Å². The molecule has 2 atom stereocenters. The molecule has 2 heterocycles. The number of hydrogen-bond donors (Lipinski definition) is 0. The molecule has 3 aliphatic carbocycles. The zero-order valence-electron chi connectivity index (χ0n) is 25.7. The molecule has 6 aromatic rings. The van der Waals surface area contributed by atoms with E-state index in [9.17, 15) is 0 Å². The first-order valence-corrected chi connectivity index (χ1v) is 16.4. The molecule has 0 saturated carbocycles. The van der Waals surface area contributed by atoms with Gasteiger partial charge in [-0.3, -0.25) is 0 Å². The van der Waals surface area contributed by atoms with Crippen molar-refractivity contribution in [2.24, 2.45) is 7.05 Å². The van der Waals surface area contributed by atoms with E-state index in [1.54, 1.807) is 0 Å². The minimum absolute atomic E-state index is 0.227. The molecule has 9 rings (SSSR count). The van der Waals surface area contributed by atoms with Crippen molar-refractivity contribution in [1.82, 2.24) is 9.13 Å². The number of allylic oxidation sites excluding steroid dienone is 9. The van der Waals surface area contributed by atoms with Gasteiger partial charge in [0, 0.05) is 45.9 Å². The molecule has 0 fully saturated rings. The Labute approximate surface area is 264 Å². The Morgan fingerprint density at radius 1 is 0.711 bits per heavy atom. The monoisotopic (exact) mass is 580 g/mol. The molecule has 0 spiro atoms. The van der Waals surface area contributed by atoms with Crippen molar-refractivity contribution in [2.75, 3.05) is 0 Å². The minimum atomic E-state index is 0.227. The average molecular weight is 581 g/mol. The summed E-state index contributed by atoms with van der Waals surface area (Å²) in [5.74, 6) is 0.446. The number of fused-ring (bicyclic) bond motifs is 7. The van der Waals surface area contributed by atoms with Crippen LogP contribution in [0.15, 0.2) is 134 Å². The third-order valence-electron chi connectivity index (χ3n) is 10.3. The van der Waals surface area contributed by atoms with Crippen LogP contribution < -0.4 is 0 Å². The number of hydrogen-bond acceptors (Lipinski definition) is 0. The molecule has 0 N–H and O–H groups in total. The van der Waals surface area contributed by atoms with Gasteiger partial charge in [-0.1, -0.05) is 127 Å². The number of rotatable bonds is 4. The van der Waals surface area contributed by atoms with Crippen molar-refractivity contribution in [3.8, 4) is 0 Å². The first-order chi connectivity index (χ1) is 22.3. The molecule has 0 radical (unpaired) electrons. The Hall–Kier alpha value is -5.08. The van der Waals surface area contributed by atoms with E-state index in [1.165, 1.54) is 71.8 Å². The van der Waals surface area contributed by atoms with Crippen LogP contribution in [0.3, 0.4) is 0 Å². The quantitative estimate of drug-likeness (QED) is 0.196. The van der Waals surface area contributed by atoms with E-state index in [-0.39, 0.29) is 6.04 Å². The molecule has 0 aliphatic heterocycles. The van der Waals surface area contributed by atoms with Gasteiger partial charge in [-0.05, 0) is 65.7 Å². The second-order valence-corrected chi connectivity index (χ2v) is 12.8. The molecule has 2 heteroatoms. The Balaban J connectivity index is 1.17. The predicted molar refractivity (Wildman–Crippen MR) is 191 cm³/mol. The van der Waals surface area contributed by atoms with E-state index in [2.05, 4.69) is 156 Å². The maximum atomic E-state index is 2.72. The molecule has 2 nitrogen and oxygen atoms in total. The number of para-hydroxylation sites is 1. The normalized spacial score (nSPS) is 19.3. The van der Waals surface area contributed by atoms with Crippen molar-refractivity contribution in [3.63, 3.8) is 0 Å². The first-order valence-electron chi connectivity index (χ1n) is 16.4. The highest BCUT2D eigenvalue weighted by molar-refractivity contribution is 6.18. The summed E-state index contributed by atoms with van der Waals surface area (Å²) in [7, 11) is 2.24. The van der Waals surface area contributed by atoms with E-state index in [1.807, 2.05) is 0 Å². The fourth-order valence-corrected chi connectivity index (χ4v) is 8.15. The smallest absolute Gasteiger partial charge is 0.0742 e. The highest BCUT2D eigenvalue weighted by Crippen LogP contribution is 2.45. The predicted octanol–water partition coefficient (Wildman–Crippen LogP) is 11.0. The Morgan fingerprint density at radius 2 is 1.56 bits per heavy atom. The summed E-state index contributed by atoms with van der Waals surface area (Å²) >= 11 is 0. The topological polar surface area (TPSA) is 9.86 Å². The minimum Gasteiger partial charge on any atom is -0.342 e. The van der Waals surface area contributed by atoms with Gasteiger partial charge < -0.3 is 9.13 Å². The summed E-state index contributed by atoms with van der Waals surface area (Å²) in [6, 6.07) is 33.9. The van der Waals surface area contributed by atoms with Crippen molar-refractivity contribution in [1.29, 1.82) is 0 Å². The van der Waals surface area contributed by atoms with Crippen LogP contribution in [-0.2, 0) is 13.5 Å². The van der Waals surface area contributed by atoms with Crippen LogP contribution in [0.1, 0.15) is 59.2 Å². The van der Waals surface area contributed by atoms with Crippen LogP contribution in [-0.4, -0.2) is 9.13 Å². The Kier molecular flexibility index (Phi) is 6.16. The summed E-state index contributed by atoms with van der Waals surface area (Å²) in [6.07, 6.45) is 23.0. The third-order valence-corrected chi connectivity index (χ3v) is 10.3. The van der Waals surface area contributed by atoms with E-state index < -0.39 is 0 Å². The van der Waals surface area contributed by atoms with E-state index in [0.29, 0.717) is 5.92 Å². The van der Waals surface area contributed by atoms with E-state index in [0.717, 1.165) is 25.7 Å². The summed E-state index contributed by atoms with van der Waals surface area (Å²) in [6.45, 7) is 0. The number of nitrogens with zero attached hydrogens (tertiary/aromatic N) is 2. The van der Waals surface area contributed by atoms with Crippen LogP contribution in [0.2, 0.25) is 0 Å². The number of aromatic nitrogens is 2. The maximum absolute atomic E-state index is 2.72. The van der Waals surface area contributed by atoms with Crippen LogP contribution in [0, 0.1) is 0 Å². The molecule has 0 saturated heterocycles. The fourth-order valence-electron chi connectivity index (χ4n) is 8.15. The van der Waals surface area contributed by atoms with Gasteiger partial charge in [0.1, 0.15) is 0 Å². The molecular weight excluding hydrogens is 544 g/mol. The Morgan fingerprint density at radius 3 is 2.44 bits per heavy atom. The molecule has 45 heavy (non-hydrogen) atoms. The summed E-state index contributed by atoms with van der Waals surface area (Å²) in [5, 5.41) is 4.03. The number of aryl methyl sites for hydroxylation is 1. The van der Waals surface area contributed by atoms with Gasteiger partial charge in [0.2, 0.25) is 0 Å². The standard InChI is InChI=1S/C43H36N2/c1-44-39-19-8-6-17-35(39)37-26-27-38-36-18-7-10-21-41(36)45(43(38)42(37)44)40-20-9-5-16-34(40)33-15-11-14-32(28-33)31-24-22-30(23-25-31)29-12-3-2-4-13-29/h2-9,11-19,22,24-28,30,40H,10,20-21,23H2,1H3. The van der Waals surface area contributed by atoms with Crippen molar-refractivity contribution in [2.45, 2.75) is 37.6 Å². The fraction of sp³-hybridized carbons (Fsp3) is 0.163. The second-order valence-electron chi connectivity index (χ2n) is 12.8. The largest absolute Gasteiger partial charge is 0.342 e. The molecule has 3 aliphatic rings. The summed E-state index contributed by atoms with van der Waals surface area (Å²) in [5.41, 5.74) is 13.6. The number of benzene rings is 4. The first kappa shape index (κ1) is 26.3. The zero-order chi connectivity index (χ0) is 29.9. The lowest BCUT2D eigenvalue weighted by molar-refractivity contribution is 0.614. The van der Waals surface area contributed by atoms with Crippen LogP contribution in [0.4, 0.5) is 0 Å². The lowest BCUT2D eigenvalue weighted by Crippen LogP contribution is -2.16. The van der Waals surface area contributed by atoms with Crippen LogP contribution in [0.5, 0.6) is 0 Å². The van der Waals surface area contributed by atoms with Crippen molar-refractivity contribution in [3.05, 3.63) is 161 Å². The van der Waals surface area contributed by atoms with Gasteiger partial charge in [-0.25, -0.2) is 0 Å². The van der Waals surface area contributed by atoms with Crippen molar-refractivity contribution >= 4 is 49.9 Å². The van der Waals surface area contributed by atoms with Gasteiger partial charge in [-0.15, -0.1) is 0 Å². The second kappa shape index (κ2) is 10.5. The van der Waals surface area contributed by atoms with E-state index in [4.69, 9.17) is 0 Å². The highest BCUT2D eigenvalue weighted by atomic mass is 15.1. The molecule has 0 amide bonds. The lowest BCUT2D eigenvalue weighted by atomic mass is 9.86. The lowest BCUT2D eigenvalue weighted by Gasteiger charge is -2.28. The average Bonchev–Trinajstić information content (AvgIpc) is 3.61. The maximum Gasteiger partial charge on any atom is 0.0742 e. The molecule has 2 unspecified atom stereocenters. The molecular formula is C43H36N2. The molecule has 4 aromatic carbocycles. The summed E-state index contributed by atoms with van der Waals surface area (Å²) < 4.78 is 5.15. The molecule has 2 aromatic heterocycles. The van der Waals surface area contributed by atoms with Crippen molar-refractivity contribution < 1.29 is 0 Å². The summed E-state index contributed by atoms with van der Waals surface area (Å²) in [4.78, 5) is 0. The van der Waals surface area contributed by atoms with Gasteiger partial charge in [0.25, 0.3) is 0 Å². The van der Waals surface area contributed by atoms with Gasteiger partial charge >= 0.3 is 0 Å². The van der Waals surface area contributed by atoms with Crippen LogP contribution in [0.25, 0.3) is 49.9 Å². The SMILES string of the molecule is Cn1c2ccccc2c2ccc3c4c(n(C5CC=CC=C5c5cccc(C6=CCC(c7ccccc7)C=C6)c5)c3c21)CCC=C4.